The monoisotopic (exact) mass is 473 g/mol. The molecule has 8 nitrogen and oxygen atoms in total. The standard InChI is InChI=1S/C25H23N5O3S/c1-16(31)33-19-7-5-17(6-8-19)14-22-23(32)28-21-15-27-25(29-24(21)34-22)30-12-9-18(10-13-30)20-4-2-3-11-26-20/h2-8,11,14-15,18H,9-10,12-13H2,1H3,(H,28,32)/b22-14-. The van der Waals surface area contributed by atoms with Gasteiger partial charge >= 0.3 is 5.97 Å². The molecule has 0 saturated carbocycles. The summed E-state index contributed by atoms with van der Waals surface area (Å²) < 4.78 is 5.06. The number of fused-ring (bicyclic) bond motifs is 1. The summed E-state index contributed by atoms with van der Waals surface area (Å²) in [7, 11) is 0. The van der Waals surface area contributed by atoms with E-state index in [-0.39, 0.29) is 11.9 Å². The Kier molecular flexibility index (Phi) is 6.27. The van der Waals surface area contributed by atoms with Crippen molar-refractivity contribution in [2.75, 3.05) is 23.3 Å². The summed E-state index contributed by atoms with van der Waals surface area (Å²) in [5, 5.41) is 3.60. The van der Waals surface area contributed by atoms with Crippen LogP contribution in [0.15, 0.2) is 64.8 Å². The van der Waals surface area contributed by atoms with Crippen LogP contribution in [-0.2, 0) is 9.59 Å². The fraction of sp³-hybridized carbons (Fsp3) is 0.240. The first-order valence-electron chi connectivity index (χ1n) is 11.1. The third-order valence-corrected chi connectivity index (χ3v) is 6.77. The van der Waals surface area contributed by atoms with Crippen LogP contribution in [0.4, 0.5) is 11.6 Å². The van der Waals surface area contributed by atoms with E-state index in [4.69, 9.17) is 9.72 Å². The zero-order chi connectivity index (χ0) is 23.5. The smallest absolute Gasteiger partial charge is 0.308 e. The van der Waals surface area contributed by atoms with Gasteiger partial charge in [0, 0.05) is 37.8 Å². The molecule has 1 N–H and O–H groups in total. The summed E-state index contributed by atoms with van der Waals surface area (Å²) in [4.78, 5) is 40.2. The lowest BCUT2D eigenvalue weighted by Crippen LogP contribution is -2.34. The number of carbonyl (C=O) groups excluding carboxylic acids is 2. The topological polar surface area (TPSA) is 97.3 Å². The van der Waals surface area contributed by atoms with Crippen molar-refractivity contribution in [3.05, 3.63) is 71.0 Å². The van der Waals surface area contributed by atoms with E-state index in [0.717, 1.165) is 42.2 Å². The fourth-order valence-corrected chi connectivity index (χ4v) is 4.93. The predicted molar refractivity (Wildman–Crippen MR) is 131 cm³/mol. The number of esters is 1. The molecule has 2 aromatic heterocycles. The van der Waals surface area contributed by atoms with E-state index in [9.17, 15) is 9.59 Å². The van der Waals surface area contributed by atoms with Gasteiger partial charge in [0.25, 0.3) is 5.91 Å². The zero-order valence-electron chi connectivity index (χ0n) is 18.6. The van der Waals surface area contributed by atoms with E-state index in [2.05, 4.69) is 26.3 Å². The molecule has 9 heteroatoms. The number of pyridine rings is 1. The van der Waals surface area contributed by atoms with E-state index < -0.39 is 0 Å². The van der Waals surface area contributed by atoms with Crippen molar-refractivity contribution < 1.29 is 14.3 Å². The molecule has 1 saturated heterocycles. The molecule has 0 unspecified atom stereocenters. The molecule has 34 heavy (non-hydrogen) atoms. The SMILES string of the molecule is CC(=O)Oc1ccc(/C=C2\Sc3nc(N4CCC(c5ccccn5)CC4)ncc3NC2=O)cc1. The van der Waals surface area contributed by atoms with Gasteiger partial charge in [-0.2, -0.15) is 0 Å². The van der Waals surface area contributed by atoms with Gasteiger partial charge in [-0.05, 0) is 48.7 Å². The number of aromatic nitrogens is 3. The van der Waals surface area contributed by atoms with E-state index in [1.165, 1.54) is 18.7 Å². The van der Waals surface area contributed by atoms with Crippen LogP contribution in [0.25, 0.3) is 6.08 Å². The first kappa shape index (κ1) is 22.1. The number of amides is 1. The molecule has 3 aromatic rings. The summed E-state index contributed by atoms with van der Waals surface area (Å²) in [6.07, 6.45) is 7.31. The van der Waals surface area contributed by atoms with Gasteiger partial charge in [0.15, 0.2) is 0 Å². The lowest BCUT2D eigenvalue weighted by molar-refractivity contribution is -0.131. The maximum atomic E-state index is 12.6. The Hall–Kier alpha value is -3.72. The Balaban J connectivity index is 1.29. The number of piperidine rings is 1. The summed E-state index contributed by atoms with van der Waals surface area (Å²) in [5.74, 6) is 1.01. The average molecular weight is 474 g/mol. The molecule has 2 aliphatic rings. The van der Waals surface area contributed by atoms with Crippen LogP contribution < -0.4 is 15.0 Å². The number of nitrogens with one attached hydrogen (secondary N) is 1. The average Bonchev–Trinajstić information content (AvgIpc) is 2.86. The molecule has 0 aliphatic carbocycles. The second-order valence-electron chi connectivity index (χ2n) is 8.13. The van der Waals surface area contributed by atoms with Crippen LogP contribution in [0.2, 0.25) is 0 Å². The number of benzene rings is 1. The number of hydrogen-bond acceptors (Lipinski definition) is 8. The molecule has 1 fully saturated rings. The molecule has 0 atom stereocenters. The van der Waals surface area contributed by atoms with Crippen LogP contribution in [0.1, 0.15) is 36.9 Å². The molecule has 4 heterocycles. The normalized spacial score (nSPS) is 17.3. The minimum Gasteiger partial charge on any atom is -0.427 e. The number of hydrogen-bond donors (Lipinski definition) is 1. The van der Waals surface area contributed by atoms with Gasteiger partial charge < -0.3 is 15.0 Å². The third-order valence-electron chi connectivity index (χ3n) is 5.74. The van der Waals surface area contributed by atoms with Crippen LogP contribution in [0.3, 0.4) is 0 Å². The molecule has 0 spiro atoms. The number of nitrogens with zero attached hydrogens (tertiary/aromatic N) is 4. The van der Waals surface area contributed by atoms with E-state index in [0.29, 0.717) is 28.2 Å². The Morgan fingerprint density at radius 3 is 2.65 bits per heavy atom. The second kappa shape index (κ2) is 9.64. The first-order valence-corrected chi connectivity index (χ1v) is 11.9. The van der Waals surface area contributed by atoms with Gasteiger partial charge in [-0.15, -0.1) is 0 Å². The number of ether oxygens (including phenoxy) is 1. The summed E-state index contributed by atoms with van der Waals surface area (Å²) in [5.41, 5.74) is 2.58. The molecule has 1 aromatic carbocycles. The molecule has 0 bridgehead atoms. The maximum Gasteiger partial charge on any atom is 0.308 e. The molecular formula is C25H23N5O3S. The highest BCUT2D eigenvalue weighted by Crippen LogP contribution is 2.38. The molecule has 172 valence electrons. The molecule has 5 rings (SSSR count). The van der Waals surface area contributed by atoms with Crippen molar-refractivity contribution in [1.29, 1.82) is 0 Å². The van der Waals surface area contributed by atoms with Gasteiger partial charge in [0.05, 0.1) is 16.8 Å². The van der Waals surface area contributed by atoms with Crippen molar-refractivity contribution in [2.24, 2.45) is 0 Å². The fourth-order valence-electron chi connectivity index (χ4n) is 4.04. The zero-order valence-corrected chi connectivity index (χ0v) is 19.4. The van der Waals surface area contributed by atoms with Gasteiger partial charge in [0.1, 0.15) is 10.8 Å². The predicted octanol–water partition coefficient (Wildman–Crippen LogP) is 4.27. The number of thioether (sulfide) groups is 1. The number of anilines is 2. The minimum absolute atomic E-state index is 0.200. The highest BCUT2D eigenvalue weighted by Gasteiger charge is 2.27. The van der Waals surface area contributed by atoms with Crippen molar-refractivity contribution in [1.82, 2.24) is 15.0 Å². The van der Waals surface area contributed by atoms with Crippen LogP contribution in [-0.4, -0.2) is 39.9 Å². The molecule has 2 aliphatic heterocycles. The summed E-state index contributed by atoms with van der Waals surface area (Å²) in [6, 6.07) is 13.1. The van der Waals surface area contributed by atoms with Gasteiger partial charge in [-0.3, -0.25) is 14.6 Å². The van der Waals surface area contributed by atoms with Crippen molar-refractivity contribution in [3.63, 3.8) is 0 Å². The Morgan fingerprint density at radius 2 is 1.94 bits per heavy atom. The lowest BCUT2D eigenvalue weighted by atomic mass is 9.93. The van der Waals surface area contributed by atoms with Gasteiger partial charge in [-0.1, -0.05) is 30.0 Å². The van der Waals surface area contributed by atoms with Crippen LogP contribution in [0.5, 0.6) is 5.75 Å². The molecule has 1 amide bonds. The van der Waals surface area contributed by atoms with Crippen molar-refractivity contribution >= 4 is 41.4 Å². The molecular weight excluding hydrogens is 450 g/mol. The van der Waals surface area contributed by atoms with E-state index in [1.54, 1.807) is 36.5 Å². The summed E-state index contributed by atoms with van der Waals surface area (Å²) in [6.45, 7) is 3.07. The van der Waals surface area contributed by atoms with Gasteiger partial charge in [0.2, 0.25) is 5.95 Å². The first-order chi connectivity index (χ1) is 16.5. The van der Waals surface area contributed by atoms with Crippen LogP contribution in [0, 0.1) is 0 Å². The van der Waals surface area contributed by atoms with E-state index >= 15 is 0 Å². The maximum absolute atomic E-state index is 12.6. The van der Waals surface area contributed by atoms with E-state index in [1.807, 2.05) is 18.3 Å². The quantitative estimate of drug-likeness (QED) is 0.260. The van der Waals surface area contributed by atoms with Gasteiger partial charge in [-0.25, -0.2) is 9.97 Å². The summed E-state index contributed by atoms with van der Waals surface area (Å²) >= 11 is 1.33. The Morgan fingerprint density at radius 1 is 1.15 bits per heavy atom. The highest BCUT2D eigenvalue weighted by atomic mass is 32.2. The minimum atomic E-state index is -0.374. The lowest BCUT2D eigenvalue weighted by Gasteiger charge is -2.32. The Bertz CT molecular complexity index is 1240. The van der Waals surface area contributed by atoms with Crippen molar-refractivity contribution in [3.8, 4) is 5.75 Å². The highest BCUT2D eigenvalue weighted by molar-refractivity contribution is 8.04. The van der Waals surface area contributed by atoms with Crippen molar-refractivity contribution in [2.45, 2.75) is 30.7 Å². The van der Waals surface area contributed by atoms with Crippen LogP contribution >= 0.6 is 11.8 Å². The largest absolute Gasteiger partial charge is 0.427 e. The second-order valence-corrected chi connectivity index (χ2v) is 9.16. The molecule has 0 radical (unpaired) electrons. The Labute approximate surface area is 201 Å². The third kappa shape index (κ3) is 4.94. The number of carbonyl (C=O) groups is 2. The number of rotatable bonds is 4.